The summed E-state index contributed by atoms with van der Waals surface area (Å²) in [7, 11) is 0. The molecule has 0 aliphatic carbocycles. The summed E-state index contributed by atoms with van der Waals surface area (Å²) in [6.45, 7) is 9.46. The van der Waals surface area contributed by atoms with Crippen molar-refractivity contribution in [3.63, 3.8) is 0 Å². The first kappa shape index (κ1) is 24.3. The van der Waals surface area contributed by atoms with Gasteiger partial charge in [-0.2, -0.15) is 5.10 Å². The predicted octanol–water partition coefficient (Wildman–Crippen LogP) is 4.73. The van der Waals surface area contributed by atoms with Gasteiger partial charge in [-0.15, -0.1) is 11.3 Å². The number of hydrazine groups is 1. The van der Waals surface area contributed by atoms with Crippen molar-refractivity contribution < 1.29 is 18.7 Å². The van der Waals surface area contributed by atoms with Gasteiger partial charge in [0.1, 0.15) is 0 Å². The number of amides is 2. The van der Waals surface area contributed by atoms with E-state index in [9.17, 15) is 14.0 Å². The van der Waals surface area contributed by atoms with Crippen LogP contribution in [0.5, 0.6) is 5.75 Å². The molecule has 8 nitrogen and oxygen atoms in total. The van der Waals surface area contributed by atoms with Crippen LogP contribution in [0.1, 0.15) is 46.9 Å². The van der Waals surface area contributed by atoms with Gasteiger partial charge in [0.25, 0.3) is 11.8 Å². The average Bonchev–Trinajstić information content (AvgIpc) is 3.40. The van der Waals surface area contributed by atoms with Crippen LogP contribution in [0.4, 0.5) is 4.39 Å². The maximum atomic E-state index is 13.8. The minimum atomic E-state index is -1.04. The summed E-state index contributed by atoms with van der Waals surface area (Å²) in [5.74, 6) is -1.79. The molecule has 0 fully saturated rings. The number of nitrogens with zero attached hydrogens (tertiary/aromatic N) is 3. The molecule has 10 heteroatoms. The molecule has 0 spiro atoms. The number of aryl methyl sites for hydroxylation is 2. The summed E-state index contributed by atoms with van der Waals surface area (Å²) in [6, 6.07) is 9.56. The summed E-state index contributed by atoms with van der Waals surface area (Å²) in [4.78, 5) is 32.7. The van der Waals surface area contributed by atoms with Gasteiger partial charge in [-0.25, -0.2) is 14.1 Å². The summed E-state index contributed by atoms with van der Waals surface area (Å²) >= 11 is 1.65. The first-order valence-corrected chi connectivity index (χ1v) is 11.9. The molecule has 3 heterocycles. The van der Waals surface area contributed by atoms with Crippen molar-refractivity contribution >= 4 is 34.2 Å². The van der Waals surface area contributed by atoms with Gasteiger partial charge in [0.05, 0.1) is 22.8 Å². The Labute approximate surface area is 206 Å². The highest BCUT2D eigenvalue weighted by molar-refractivity contribution is 7.12. The first-order valence-electron chi connectivity index (χ1n) is 11.1. The zero-order valence-electron chi connectivity index (χ0n) is 20.0. The van der Waals surface area contributed by atoms with Crippen molar-refractivity contribution in [3.8, 4) is 17.0 Å². The number of thiophene rings is 1. The predicted molar refractivity (Wildman–Crippen MR) is 133 cm³/mol. The van der Waals surface area contributed by atoms with E-state index in [0.29, 0.717) is 22.3 Å². The number of hydrogen-bond donors (Lipinski definition) is 2. The van der Waals surface area contributed by atoms with Gasteiger partial charge in [0, 0.05) is 21.4 Å². The van der Waals surface area contributed by atoms with Crippen LogP contribution < -0.4 is 15.6 Å². The maximum absolute atomic E-state index is 13.8. The highest BCUT2D eigenvalue weighted by Gasteiger charge is 2.22. The monoisotopic (exact) mass is 495 g/mol. The third-order valence-corrected chi connectivity index (χ3v) is 6.39. The lowest BCUT2D eigenvalue weighted by molar-refractivity contribution is -0.128. The molecule has 2 amide bonds. The van der Waals surface area contributed by atoms with E-state index >= 15 is 0 Å². The molecule has 1 unspecified atom stereocenters. The third kappa shape index (κ3) is 5.02. The van der Waals surface area contributed by atoms with E-state index in [1.54, 1.807) is 34.3 Å². The summed E-state index contributed by atoms with van der Waals surface area (Å²) in [5, 5.41) is 4.98. The van der Waals surface area contributed by atoms with Crippen molar-refractivity contribution in [2.45, 2.75) is 46.8 Å². The SMILES string of the molecule is Cc1cc(-c2cc(C(=O)NNC(=O)C(C)Oc3ccccc3F)c3cnn(C(C)C)c3n2)c(C)s1. The molecule has 0 saturated heterocycles. The minimum Gasteiger partial charge on any atom is -0.478 e. The van der Waals surface area contributed by atoms with E-state index in [1.165, 1.54) is 25.1 Å². The number of aromatic nitrogens is 3. The van der Waals surface area contributed by atoms with Crippen LogP contribution in [-0.4, -0.2) is 32.7 Å². The maximum Gasteiger partial charge on any atom is 0.279 e. The quantitative estimate of drug-likeness (QED) is 0.377. The van der Waals surface area contributed by atoms with Crippen LogP contribution in [0.2, 0.25) is 0 Å². The Morgan fingerprint density at radius 1 is 1.11 bits per heavy atom. The van der Waals surface area contributed by atoms with Crippen molar-refractivity contribution in [2.75, 3.05) is 0 Å². The Morgan fingerprint density at radius 3 is 2.51 bits per heavy atom. The Balaban J connectivity index is 1.59. The van der Waals surface area contributed by atoms with E-state index < -0.39 is 23.7 Å². The van der Waals surface area contributed by atoms with E-state index in [-0.39, 0.29) is 11.8 Å². The van der Waals surface area contributed by atoms with E-state index in [1.807, 2.05) is 33.8 Å². The third-order valence-electron chi connectivity index (χ3n) is 5.43. The Hall–Kier alpha value is -3.79. The molecule has 182 valence electrons. The molecule has 2 N–H and O–H groups in total. The summed E-state index contributed by atoms with van der Waals surface area (Å²) in [6.07, 6.45) is 0.554. The lowest BCUT2D eigenvalue weighted by atomic mass is 10.1. The Morgan fingerprint density at radius 2 is 1.86 bits per heavy atom. The average molecular weight is 496 g/mol. The second kappa shape index (κ2) is 9.83. The standard InChI is InChI=1S/C25H26FN5O3S/c1-13(2)31-23-19(12-27-31)18(11-21(28-23)17-10-14(3)35-16(17)5)25(33)30-29-24(32)15(4)34-22-9-7-6-8-20(22)26/h6-13,15H,1-5H3,(H,29,32)(H,30,33). The van der Waals surface area contributed by atoms with Gasteiger partial charge in [-0.1, -0.05) is 12.1 Å². The molecule has 0 aliphatic heterocycles. The van der Waals surface area contributed by atoms with Crippen LogP contribution in [0.25, 0.3) is 22.3 Å². The number of carbonyl (C=O) groups excluding carboxylic acids is 2. The fraction of sp³-hybridized carbons (Fsp3) is 0.280. The topological polar surface area (TPSA) is 98.1 Å². The Bertz CT molecular complexity index is 1410. The number of hydrogen-bond acceptors (Lipinski definition) is 6. The molecule has 1 atom stereocenters. The smallest absolute Gasteiger partial charge is 0.279 e. The number of pyridine rings is 1. The summed E-state index contributed by atoms with van der Waals surface area (Å²) in [5.41, 5.74) is 7.28. The van der Waals surface area contributed by atoms with Crippen LogP contribution >= 0.6 is 11.3 Å². The van der Waals surface area contributed by atoms with Crippen LogP contribution in [0, 0.1) is 19.7 Å². The molecule has 3 aromatic heterocycles. The molecular weight excluding hydrogens is 469 g/mol. The lowest BCUT2D eigenvalue weighted by Gasteiger charge is -2.16. The zero-order chi connectivity index (χ0) is 25.3. The number of para-hydroxylation sites is 1. The first-order chi connectivity index (χ1) is 16.7. The highest BCUT2D eigenvalue weighted by atomic mass is 32.1. The van der Waals surface area contributed by atoms with Crippen molar-refractivity contribution in [3.05, 3.63) is 63.7 Å². The van der Waals surface area contributed by atoms with Gasteiger partial charge in [0.15, 0.2) is 23.3 Å². The second-order valence-electron chi connectivity index (χ2n) is 8.44. The molecule has 1 aromatic carbocycles. The van der Waals surface area contributed by atoms with E-state index in [4.69, 9.17) is 9.72 Å². The molecule has 4 rings (SSSR count). The van der Waals surface area contributed by atoms with Crippen LogP contribution in [-0.2, 0) is 4.79 Å². The van der Waals surface area contributed by atoms with Crippen LogP contribution in [0.3, 0.4) is 0 Å². The molecule has 0 saturated carbocycles. The molecule has 0 radical (unpaired) electrons. The second-order valence-corrected chi connectivity index (χ2v) is 9.90. The van der Waals surface area contributed by atoms with Gasteiger partial charge in [-0.3, -0.25) is 20.4 Å². The fourth-order valence-corrected chi connectivity index (χ4v) is 4.61. The van der Waals surface area contributed by atoms with Gasteiger partial charge in [-0.05, 0) is 58.9 Å². The molecule has 0 bridgehead atoms. The number of rotatable bonds is 6. The normalized spacial score (nSPS) is 12.1. The zero-order valence-corrected chi connectivity index (χ0v) is 20.9. The lowest BCUT2D eigenvalue weighted by Crippen LogP contribution is -2.47. The van der Waals surface area contributed by atoms with Gasteiger partial charge < -0.3 is 4.74 Å². The molecule has 0 aliphatic rings. The number of ether oxygens (including phenoxy) is 1. The number of benzene rings is 1. The van der Waals surface area contributed by atoms with E-state index in [2.05, 4.69) is 16.0 Å². The Kier molecular flexibility index (Phi) is 6.83. The number of carbonyl (C=O) groups is 2. The molecule has 35 heavy (non-hydrogen) atoms. The van der Waals surface area contributed by atoms with Crippen molar-refractivity contribution in [1.82, 2.24) is 25.6 Å². The van der Waals surface area contributed by atoms with Crippen molar-refractivity contribution in [1.29, 1.82) is 0 Å². The van der Waals surface area contributed by atoms with Gasteiger partial charge in [0.2, 0.25) is 0 Å². The minimum absolute atomic E-state index is 0.0348. The van der Waals surface area contributed by atoms with E-state index in [0.717, 1.165) is 15.3 Å². The number of nitrogens with one attached hydrogen (secondary N) is 2. The fourth-order valence-electron chi connectivity index (χ4n) is 3.68. The number of halogens is 1. The molecule has 4 aromatic rings. The number of fused-ring (bicyclic) bond motifs is 1. The largest absolute Gasteiger partial charge is 0.478 e. The highest BCUT2D eigenvalue weighted by Crippen LogP contribution is 2.32. The molecular formula is C25H26FN5O3S. The van der Waals surface area contributed by atoms with Gasteiger partial charge >= 0.3 is 0 Å². The van der Waals surface area contributed by atoms with Crippen molar-refractivity contribution in [2.24, 2.45) is 0 Å². The summed E-state index contributed by atoms with van der Waals surface area (Å²) < 4.78 is 21.0. The van der Waals surface area contributed by atoms with Crippen LogP contribution in [0.15, 0.2) is 42.6 Å².